The summed E-state index contributed by atoms with van der Waals surface area (Å²) in [5.74, 6) is 0.372. The van der Waals surface area contributed by atoms with E-state index in [-0.39, 0.29) is 5.91 Å². The van der Waals surface area contributed by atoms with Crippen molar-refractivity contribution >= 4 is 40.2 Å². The van der Waals surface area contributed by atoms with Gasteiger partial charge in [-0.05, 0) is 47.2 Å². The molecule has 6 heteroatoms. The van der Waals surface area contributed by atoms with E-state index in [9.17, 15) is 4.79 Å². The van der Waals surface area contributed by atoms with Gasteiger partial charge in [-0.1, -0.05) is 60.1 Å². The number of ether oxygens (including phenoxy) is 1. The van der Waals surface area contributed by atoms with Gasteiger partial charge in [0.25, 0.3) is 5.91 Å². The van der Waals surface area contributed by atoms with Crippen LogP contribution in [-0.2, 0) is 6.61 Å². The first kappa shape index (κ1) is 22.4. The molecule has 0 radical (unpaired) electrons. The fraction of sp³-hybridized carbons (Fsp3) is 0.111. The van der Waals surface area contributed by atoms with Crippen molar-refractivity contribution in [3.8, 4) is 5.75 Å². The molecule has 33 heavy (non-hydrogen) atoms. The highest BCUT2D eigenvalue weighted by atomic mass is 35.5. The molecular formula is C27H24ClN3O2. The lowest BCUT2D eigenvalue weighted by molar-refractivity contribution is 0.0955. The molecule has 0 aliphatic carbocycles. The van der Waals surface area contributed by atoms with E-state index >= 15 is 0 Å². The molecule has 0 aromatic heterocycles. The van der Waals surface area contributed by atoms with Crippen LogP contribution in [0.5, 0.6) is 5.75 Å². The zero-order valence-corrected chi connectivity index (χ0v) is 19.2. The highest BCUT2D eigenvalue weighted by Gasteiger charge is 2.10. The Hall–Kier alpha value is -3.83. The number of carbonyl (C=O) groups is 1. The minimum atomic E-state index is -0.282. The minimum Gasteiger partial charge on any atom is -0.488 e. The number of carbonyl (C=O) groups excluding carboxylic acids is 1. The molecule has 4 aromatic rings. The van der Waals surface area contributed by atoms with Gasteiger partial charge in [-0.2, -0.15) is 5.10 Å². The van der Waals surface area contributed by atoms with E-state index in [4.69, 9.17) is 16.3 Å². The quantitative estimate of drug-likeness (QED) is 0.277. The van der Waals surface area contributed by atoms with Crippen LogP contribution >= 0.6 is 11.6 Å². The van der Waals surface area contributed by atoms with Crippen molar-refractivity contribution in [3.63, 3.8) is 0 Å². The zero-order chi connectivity index (χ0) is 23.2. The van der Waals surface area contributed by atoms with Crippen molar-refractivity contribution in [3.05, 3.63) is 107 Å². The van der Waals surface area contributed by atoms with Gasteiger partial charge < -0.3 is 9.64 Å². The molecule has 166 valence electrons. The topological polar surface area (TPSA) is 53.9 Å². The maximum absolute atomic E-state index is 12.5. The van der Waals surface area contributed by atoms with Gasteiger partial charge in [-0.15, -0.1) is 0 Å². The number of nitrogens with zero attached hydrogens (tertiary/aromatic N) is 2. The van der Waals surface area contributed by atoms with E-state index in [1.165, 1.54) is 0 Å². The van der Waals surface area contributed by atoms with Gasteiger partial charge in [0.15, 0.2) is 0 Å². The predicted octanol–water partition coefficient (Wildman–Crippen LogP) is 5.90. The Kier molecular flexibility index (Phi) is 6.91. The van der Waals surface area contributed by atoms with Gasteiger partial charge >= 0.3 is 0 Å². The molecule has 0 aliphatic heterocycles. The molecule has 5 nitrogen and oxygen atoms in total. The first-order valence-corrected chi connectivity index (χ1v) is 10.9. The second-order valence-electron chi connectivity index (χ2n) is 7.72. The van der Waals surface area contributed by atoms with Gasteiger partial charge in [0.05, 0.1) is 6.21 Å². The standard InChI is InChI=1S/C27H24ClN3O2/c1-31(2)22-14-11-20(12-15-22)27(32)30-29-17-24-23-9-5-3-7-19(23)13-16-26(24)33-18-21-8-4-6-10-25(21)28/h3-17H,18H2,1-2H3,(H,30,32). The highest BCUT2D eigenvalue weighted by molar-refractivity contribution is 6.31. The van der Waals surface area contributed by atoms with Crippen LogP contribution in [0.4, 0.5) is 5.69 Å². The fourth-order valence-corrected chi connectivity index (χ4v) is 3.63. The Morgan fingerprint density at radius 3 is 2.45 bits per heavy atom. The molecule has 0 bridgehead atoms. The van der Waals surface area contributed by atoms with Gasteiger partial charge in [0.2, 0.25) is 0 Å². The SMILES string of the molecule is CN(C)c1ccc(C(=O)NN=Cc2c(OCc3ccccc3Cl)ccc3ccccc23)cc1. The van der Waals surface area contributed by atoms with Crippen LogP contribution in [0.3, 0.4) is 0 Å². The minimum absolute atomic E-state index is 0.282. The molecule has 0 aliphatic rings. The number of fused-ring (bicyclic) bond motifs is 1. The third-order valence-electron chi connectivity index (χ3n) is 5.28. The van der Waals surface area contributed by atoms with Crippen LogP contribution in [0.2, 0.25) is 5.02 Å². The number of anilines is 1. The van der Waals surface area contributed by atoms with Crippen LogP contribution in [-0.4, -0.2) is 26.2 Å². The summed E-state index contributed by atoms with van der Waals surface area (Å²) >= 11 is 6.27. The lowest BCUT2D eigenvalue weighted by Crippen LogP contribution is -2.18. The summed E-state index contributed by atoms with van der Waals surface area (Å²) in [6, 6.07) is 26.8. The summed E-state index contributed by atoms with van der Waals surface area (Å²) in [6.07, 6.45) is 1.62. The number of hydrogen-bond donors (Lipinski definition) is 1. The molecule has 0 spiro atoms. The molecule has 0 saturated heterocycles. The molecule has 0 saturated carbocycles. The number of hydrogen-bond acceptors (Lipinski definition) is 4. The third-order valence-corrected chi connectivity index (χ3v) is 5.65. The Balaban J connectivity index is 1.56. The normalized spacial score (nSPS) is 11.0. The summed E-state index contributed by atoms with van der Waals surface area (Å²) in [4.78, 5) is 14.5. The molecule has 0 heterocycles. The van der Waals surface area contributed by atoms with E-state index in [1.54, 1.807) is 18.3 Å². The third kappa shape index (κ3) is 5.33. The van der Waals surface area contributed by atoms with Crippen molar-refractivity contribution < 1.29 is 9.53 Å². The highest BCUT2D eigenvalue weighted by Crippen LogP contribution is 2.28. The number of amides is 1. The maximum Gasteiger partial charge on any atom is 0.271 e. The number of hydrazone groups is 1. The van der Waals surface area contributed by atoms with Crippen molar-refractivity contribution in [1.29, 1.82) is 0 Å². The molecule has 1 N–H and O–H groups in total. The van der Waals surface area contributed by atoms with Crippen LogP contribution in [0.15, 0.2) is 90.0 Å². The number of benzene rings is 4. The summed E-state index contributed by atoms with van der Waals surface area (Å²) in [5.41, 5.74) is 5.84. The van der Waals surface area contributed by atoms with Crippen LogP contribution < -0.4 is 15.1 Å². The lowest BCUT2D eigenvalue weighted by atomic mass is 10.0. The molecule has 0 fully saturated rings. The second kappa shape index (κ2) is 10.2. The van der Waals surface area contributed by atoms with Gasteiger partial charge in [-0.25, -0.2) is 5.43 Å². The number of rotatable bonds is 7. The number of halogens is 1. The van der Waals surface area contributed by atoms with Crippen LogP contribution in [0, 0.1) is 0 Å². The molecule has 4 aromatic carbocycles. The van der Waals surface area contributed by atoms with Crippen LogP contribution in [0.25, 0.3) is 10.8 Å². The van der Waals surface area contributed by atoms with Crippen molar-refractivity contribution in [2.24, 2.45) is 5.10 Å². The van der Waals surface area contributed by atoms with Crippen LogP contribution in [0.1, 0.15) is 21.5 Å². The van der Waals surface area contributed by atoms with Gasteiger partial charge in [0.1, 0.15) is 12.4 Å². The average Bonchev–Trinajstić information content (AvgIpc) is 2.84. The Morgan fingerprint density at radius 2 is 1.70 bits per heavy atom. The van der Waals surface area contributed by atoms with Gasteiger partial charge in [0, 0.05) is 41.5 Å². The smallest absolute Gasteiger partial charge is 0.271 e. The van der Waals surface area contributed by atoms with E-state index < -0.39 is 0 Å². The summed E-state index contributed by atoms with van der Waals surface area (Å²) < 4.78 is 6.10. The average molecular weight is 458 g/mol. The van der Waals surface area contributed by atoms with E-state index in [1.807, 2.05) is 91.8 Å². The van der Waals surface area contributed by atoms with Gasteiger partial charge in [-0.3, -0.25) is 4.79 Å². The van der Waals surface area contributed by atoms with Crippen molar-refractivity contribution in [1.82, 2.24) is 5.43 Å². The largest absolute Gasteiger partial charge is 0.488 e. The summed E-state index contributed by atoms with van der Waals surface area (Å²) in [6.45, 7) is 0.323. The van der Waals surface area contributed by atoms with E-state index in [0.29, 0.717) is 22.9 Å². The summed E-state index contributed by atoms with van der Waals surface area (Å²) in [7, 11) is 3.91. The first-order chi connectivity index (χ1) is 16.0. The first-order valence-electron chi connectivity index (χ1n) is 10.5. The molecular weight excluding hydrogens is 434 g/mol. The predicted molar refractivity (Wildman–Crippen MR) is 136 cm³/mol. The molecule has 0 unspecified atom stereocenters. The summed E-state index contributed by atoms with van der Waals surface area (Å²) in [5, 5.41) is 6.90. The van der Waals surface area contributed by atoms with Crippen molar-refractivity contribution in [2.45, 2.75) is 6.61 Å². The fourth-order valence-electron chi connectivity index (χ4n) is 3.44. The Labute approximate surface area is 198 Å². The second-order valence-corrected chi connectivity index (χ2v) is 8.13. The zero-order valence-electron chi connectivity index (χ0n) is 18.5. The van der Waals surface area contributed by atoms with E-state index in [0.717, 1.165) is 27.6 Å². The number of nitrogens with one attached hydrogen (secondary N) is 1. The molecule has 4 rings (SSSR count). The van der Waals surface area contributed by atoms with E-state index in [2.05, 4.69) is 10.5 Å². The Morgan fingerprint density at radius 1 is 0.970 bits per heavy atom. The molecule has 0 atom stereocenters. The monoisotopic (exact) mass is 457 g/mol. The van der Waals surface area contributed by atoms with Crippen molar-refractivity contribution in [2.75, 3.05) is 19.0 Å². The maximum atomic E-state index is 12.5. The Bertz CT molecular complexity index is 1300. The lowest BCUT2D eigenvalue weighted by Gasteiger charge is -2.13. The molecule has 1 amide bonds.